The molecule has 27 heavy (non-hydrogen) atoms. The molecule has 1 nitrogen and oxygen atoms in total. The fourth-order valence-electron chi connectivity index (χ4n) is 4.40. The van der Waals surface area contributed by atoms with E-state index in [4.69, 9.17) is 5.73 Å². The highest BCUT2D eigenvalue weighted by atomic mass is 14.5. The van der Waals surface area contributed by atoms with Crippen LogP contribution in [0, 0.1) is 11.8 Å². The minimum Gasteiger partial charge on any atom is -0.326 e. The van der Waals surface area contributed by atoms with Crippen LogP contribution in [0.4, 0.5) is 0 Å². The van der Waals surface area contributed by atoms with Crippen molar-refractivity contribution >= 4 is 6.08 Å². The van der Waals surface area contributed by atoms with Gasteiger partial charge in [-0.3, -0.25) is 0 Å². The van der Waals surface area contributed by atoms with Crippen molar-refractivity contribution in [3.8, 4) is 11.1 Å². The van der Waals surface area contributed by atoms with Crippen LogP contribution in [-0.2, 0) is 13.0 Å². The van der Waals surface area contributed by atoms with Crippen molar-refractivity contribution < 1.29 is 0 Å². The summed E-state index contributed by atoms with van der Waals surface area (Å²) in [7, 11) is 0. The third-order valence-electron chi connectivity index (χ3n) is 5.98. The molecule has 2 N–H and O–H groups in total. The quantitative estimate of drug-likeness (QED) is 0.517. The molecule has 1 fully saturated rings. The molecule has 1 saturated carbocycles. The number of nitrogens with two attached hydrogens (primary N) is 1. The Labute approximate surface area is 165 Å². The molecule has 0 aromatic heterocycles. The first-order valence-electron chi connectivity index (χ1n) is 10.3. The smallest absolute Gasteiger partial charge is 0.0184 e. The second kappa shape index (κ2) is 9.19. The summed E-state index contributed by atoms with van der Waals surface area (Å²) in [6.45, 7) is 11.2. The second-order valence-corrected chi connectivity index (χ2v) is 8.26. The molecule has 3 rings (SSSR count). The Hall–Kier alpha value is -2.12. The minimum atomic E-state index is 0.549. The van der Waals surface area contributed by atoms with Gasteiger partial charge < -0.3 is 5.73 Å². The van der Waals surface area contributed by atoms with Crippen molar-refractivity contribution in [2.45, 2.75) is 52.0 Å². The molecule has 1 heteroatoms. The van der Waals surface area contributed by atoms with Crippen LogP contribution in [0.2, 0.25) is 0 Å². The molecule has 2 aromatic rings. The highest BCUT2D eigenvalue weighted by Gasteiger charge is 2.21. The van der Waals surface area contributed by atoms with Gasteiger partial charge >= 0.3 is 0 Å². The van der Waals surface area contributed by atoms with E-state index >= 15 is 0 Å². The lowest BCUT2D eigenvalue weighted by Gasteiger charge is -2.13. The number of hydrogen-bond donors (Lipinski definition) is 1. The van der Waals surface area contributed by atoms with Crippen molar-refractivity contribution in [1.29, 1.82) is 0 Å². The molecule has 0 aliphatic heterocycles. The molecule has 2 aromatic carbocycles. The number of aryl methyl sites for hydroxylation is 1. The summed E-state index contributed by atoms with van der Waals surface area (Å²) in [5.74, 6) is 1.77. The van der Waals surface area contributed by atoms with E-state index in [0.29, 0.717) is 6.54 Å². The van der Waals surface area contributed by atoms with E-state index in [1.807, 2.05) is 6.08 Å². The lowest BCUT2D eigenvalue weighted by Crippen LogP contribution is -2.00. The maximum absolute atomic E-state index is 5.97. The van der Waals surface area contributed by atoms with E-state index in [-0.39, 0.29) is 0 Å². The maximum atomic E-state index is 5.97. The van der Waals surface area contributed by atoms with Gasteiger partial charge in [-0.05, 0) is 77.8 Å². The zero-order valence-corrected chi connectivity index (χ0v) is 16.7. The predicted molar refractivity (Wildman–Crippen MR) is 118 cm³/mol. The molecule has 1 aliphatic carbocycles. The Kier molecular flexibility index (Phi) is 6.68. The van der Waals surface area contributed by atoms with Crippen LogP contribution in [0.15, 0.2) is 61.2 Å². The number of rotatable bonds is 8. The van der Waals surface area contributed by atoms with Crippen molar-refractivity contribution in [2.75, 3.05) is 0 Å². The van der Waals surface area contributed by atoms with Crippen LogP contribution in [0.1, 0.15) is 55.7 Å². The molecular weight excluding hydrogens is 326 g/mol. The Morgan fingerprint density at radius 2 is 2.04 bits per heavy atom. The number of allylic oxidation sites excluding steroid dienone is 1. The largest absolute Gasteiger partial charge is 0.326 e. The van der Waals surface area contributed by atoms with Crippen LogP contribution in [-0.4, -0.2) is 0 Å². The summed E-state index contributed by atoms with van der Waals surface area (Å²) in [6, 6.07) is 15.3. The van der Waals surface area contributed by atoms with Gasteiger partial charge in [0.2, 0.25) is 0 Å². The van der Waals surface area contributed by atoms with Gasteiger partial charge in [-0.25, -0.2) is 0 Å². The average Bonchev–Trinajstić information content (AvgIpc) is 3.10. The third kappa shape index (κ3) is 5.20. The van der Waals surface area contributed by atoms with E-state index in [9.17, 15) is 0 Å². The molecule has 0 saturated heterocycles. The van der Waals surface area contributed by atoms with Gasteiger partial charge in [0.05, 0.1) is 0 Å². The predicted octanol–water partition coefficient (Wildman–Crippen LogP) is 6.77. The first-order valence-corrected chi connectivity index (χ1v) is 10.3. The molecule has 0 heterocycles. The second-order valence-electron chi connectivity index (χ2n) is 8.26. The van der Waals surface area contributed by atoms with E-state index in [1.54, 1.807) is 0 Å². The maximum Gasteiger partial charge on any atom is 0.0184 e. The number of benzene rings is 2. The lowest BCUT2D eigenvalue weighted by molar-refractivity contribution is 0.505. The molecule has 0 amide bonds. The Morgan fingerprint density at radius 3 is 2.74 bits per heavy atom. The minimum absolute atomic E-state index is 0.549. The summed E-state index contributed by atoms with van der Waals surface area (Å²) >= 11 is 0. The molecule has 142 valence electrons. The first kappa shape index (κ1) is 19.6. The lowest BCUT2D eigenvalue weighted by atomic mass is 9.92. The summed E-state index contributed by atoms with van der Waals surface area (Å²) in [5.41, 5.74) is 13.5. The van der Waals surface area contributed by atoms with Gasteiger partial charge in [0.1, 0.15) is 0 Å². The van der Waals surface area contributed by atoms with Gasteiger partial charge in [0, 0.05) is 6.54 Å². The Balaban J connectivity index is 1.67. The normalized spacial score (nSPS) is 19.2. The SMILES string of the molecule is C=Cc1ccc(CN)c(-c2cccc(CCC(=C)CC3CCC(C)C3)c2)c1. The molecule has 1 aliphatic rings. The van der Waals surface area contributed by atoms with Crippen molar-refractivity contribution in [3.63, 3.8) is 0 Å². The van der Waals surface area contributed by atoms with E-state index < -0.39 is 0 Å². The van der Waals surface area contributed by atoms with Gasteiger partial charge in [-0.15, -0.1) is 0 Å². The summed E-state index contributed by atoms with van der Waals surface area (Å²) in [4.78, 5) is 0. The zero-order chi connectivity index (χ0) is 19.2. The molecule has 2 unspecified atom stereocenters. The van der Waals surface area contributed by atoms with Crippen LogP contribution in [0.25, 0.3) is 17.2 Å². The average molecular weight is 360 g/mol. The number of hydrogen-bond acceptors (Lipinski definition) is 1. The Morgan fingerprint density at radius 1 is 1.19 bits per heavy atom. The van der Waals surface area contributed by atoms with E-state index in [0.717, 1.165) is 30.2 Å². The van der Waals surface area contributed by atoms with Gasteiger partial charge in [0.25, 0.3) is 0 Å². The van der Waals surface area contributed by atoms with Gasteiger partial charge in [-0.1, -0.05) is 74.5 Å². The van der Waals surface area contributed by atoms with Crippen LogP contribution in [0.3, 0.4) is 0 Å². The topological polar surface area (TPSA) is 26.0 Å². The van der Waals surface area contributed by atoms with Crippen LogP contribution >= 0.6 is 0 Å². The standard InChI is InChI=1S/C26H33N/c1-4-21-12-13-25(18-27)26(17-21)24-7-5-6-22(16-24)10-8-19(2)14-23-11-9-20(3)15-23/h4-7,12-13,16-17,20,23H,1-2,8-11,14-15,18,27H2,3H3. The van der Waals surface area contributed by atoms with Crippen LogP contribution in [0.5, 0.6) is 0 Å². The van der Waals surface area contributed by atoms with Crippen LogP contribution < -0.4 is 5.73 Å². The molecule has 0 bridgehead atoms. The fraction of sp³-hybridized carbons (Fsp3) is 0.385. The summed E-state index contributed by atoms with van der Waals surface area (Å²) in [5, 5.41) is 0. The molecule has 0 spiro atoms. The summed E-state index contributed by atoms with van der Waals surface area (Å²) < 4.78 is 0. The fourth-order valence-corrected chi connectivity index (χ4v) is 4.40. The van der Waals surface area contributed by atoms with E-state index in [2.05, 4.69) is 62.5 Å². The summed E-state index contributed by atoms with van der Waals surface area (Å²) in [6.07, 6.45) is 9.42. The Bertz CT molecular complexity index is 802. The molecule has 2 atom stereocenters. The van der Waals surface area contributed by atoms with Crippen molar-refractivity contribution in [1.82, 2.24) is 0 Å². The highest BCUT2D eigenvalue weighted by Crippen LogP contribution is 2.35. The van der Waals surface area contributed by atoms with Gasteiger partial charge in [0.15, 0.2) is 0 Å². The highest BCUT2D eigenvalue weighted by molar-refractivity contribution is 5.71. The monoisotopic (exact) mass is 359 g/mol. The van der Waals surface area contributed by atoms with Crippen molar-refractivity contribution in [2.24, 2.45) is 17.6 Å². The first-order chi connectivity index (χ1) is 13.1. The molecular formula is C26H33N. The third-order valence-corrected chi connectivity index (χ3v) is 5.98. The van der Waals surface area contributed by atoms with E-state index in [1.165, 1.54) is 53.5 Å². The zero-order valence-electron chi connectivity index (χ0n) is 16.7. The van der Waals surface area contributed by atoms with Gasteiger partial charge in [-0.2, -0.15) is 0 Å². The van der Waals surface area contributed by atoms with Crippen molar-refractivity contribution in [3.05, 3.63) is 77.9 Å². The molecule has 0 radical (unpaired) electrons.